The van der Waals surface area contributed by atoms with Crippen LogP contribution in [0.2, 0.25) is 0 Å². The van der Waals surface area contributed by atoms with Crippen LogP contribution in [0.25, 0.3) is 10.9 Å². The number of piperidine rings is 1. The van der Waals surface area contributed by atoms with Gasteiger partial charge in [-0.05, 0) is 74.2 Å². The maximum Gasteiger partial charge on any atom is 0.322 e. The third-order valence-corrected chi connectivity index (χ3v) is 15.1. The molecule has 2 saturated heterocycles. The molecule has 6 aliphatic rings. The van der Waals surface area contributed by atoms with E-state index in [4.69, 9.17) is 9.47 Å². The number of aldehydes is 1. The summed E-state index contributed by atoms with van der Waals surface area (Å²) in [6.07, 6.45) is 6.72. The lowest BCUT2D eigenvalue weighted by atomic mass is 9.48. The number of nitrogens with one attached hydrogen (secondary N) is 1. The summed E-state index contributed by atoms with van der Waals surface area (Å²) >= 11 is 0. The lowest BCUT2D eigenvalue weighted by molar-refractivity contribution is -0.193. The number of aromatic nitrogens is 1. The smallest absolute Gasteiger partial charge is 0.322 e. The molecule has 2 aromatic carbocycles. The number of fused-ring (bicyclic) bond motifs is 6. The fraction of sp³-hybridized carbons (Fsp3) is 0.581. The largest absolute Gasteiger partial charge is 0.496 e. The van der Waals surface area contributed by atoms with Gasteiger partial charge in [-0.1, -0.05) is 44.2 Å². The van der Waals surface area contributed by atoms with Crippen molar-refractivity contribution in [2.24, 2.45) is 11.3 Å². The number of carbonyl (C=O) groups excluding carboxylic acids is 2. The van der Waals surface area contributed by atoms with Crippen LogP contribution in [-0.4, -0.2) is 126 Å². The molecule has 3 aromatic rings. The second kappa shape index (κ2) is 12.1. The topological polar surface area (TPSA) is 139 Å². The van der Waals surface area contributed by atoms with Crippen molar-refractivity contribution >= 4 is 28.8 Å². The predicted octanol–water partition coefficient (Wildman–Crippen LogP) is 3.45. The van der Waals surface area contributed by atoms with Crippen LogP contribution >= 0.6 is 0 Å². The van der Waals surface area contributed by atoms with E-state index >= 15 is 4.79 Å². The Balaban J connectivity index is 1.36. The van der Waals surface area contributed by atoms with E-state index < -0.39 is 45.6 Å². The summed E-state index contributed by atoms with van der Waals surface area (Å²) in [5, 5.41) is 37.7. The molecule has 6 unspecified atom stereocenters. The Morgan fingerprint density at radius 3 is 2.57 bits per heavy atom. The van der Waals surface area contributed by atoms with E-state index in [-0.39, 0.29) is 12.0 Å². The number of benzene rings is 2. The number of aliphatic hydroxyl groups excluding tert-OH is 1. The van der Waals surface area contributed by atoms with E-state index in [0.29, 0.717) is 69.2 Å². The minimum absolute atomic E-state index is 0.0603. The number of nitrogens with zero attached hydrogens (tertiary/aromatic N) is 3. The SMILES string of the molecule is CCC1(O)CC2C[N@](CCc3c([nH]c4ccccc34)C(C(=O)OC)(c3cc4c(cc3OC)N(C)C3C45CCN4CC=C[C@](CC)(C45)[C@@H](O)[C@]3(O)C=O)C2)C1. The quantitative estimate of drug-likeness (QED) is 0.169. The normalized spacial score (nSPS) is 39.5. The zero-order chi connectivity index (χ0) is 38.0. The number of methoxy groups -OCH3 is 2. The molecule has 6 heterocycles. The monoisotopic (exact) mass is 738 g/mol. The lowest BCUT2D eigenvalue weighted by Crippen LogP contribution is -2.79. The van der Waals surface area contributed by atoms with Crippen LogP contribution in [0.5, 0.6) is 5.75 Å². The Bertz CT molecular complexity index is 2070. The van der Waals surface area contributed by atoms with E-state index in [1.807, 2.05) is 56.1 Å². The number of para-hydroxylation sites is 1. The van der Waals surface area contributed by atoms with Gasteiger partial charge in [0.25, 0.3) is 0 Å². The summed E-state index contributed by atoms with van der Waals surface area (Å²) in [7, 11) is 4.96. The summed E-state index contributed by atoms with van der Waals surface area (Å²) in [4.78, 5) is 38.9. The number of anilines is 1. The molecule has 54 heavy (non-hydrogen) atoms. The number of hydrogen-bond donors (Lipinski definition) is 4. The number of hydrogen-bond acceptors (Lipinski definition) is 10. The van der Waals surface area contributed by atoms with E-state index in [1.165, 1.54) is 7.11 Å². The molecule has 2 bridgehead atoms. The predicted molar refractivity (Wildman–Crippen MR) is 205 cm³/mol. The van der Waals surface area contributed by atoms with Crippen LogP contribution in [0, 0.1) is 11.3 Å². The van der Waals surface area contributed by atoms with Crippen molar-refractivity contribution in [2.75, 3.05) is 58.9 Å². The van der Waals surface area contributed by atoms with Gasteiger partial charge in [-0.25, -0.2) is 0 Å². The number of likely N-dealkylation sites (N-methyl/N-ethyl adjacent to an activating group) is 1. The van der Waals surface area contributed by atoms with Crippen molar-refractivity contribution in [3.8, 4) is 5.75 Å². The average Bonchev–Trinajstić information content (AvgIpc) is 3.85. The van der Waals surface area contributed by atoms with Gasteiger partial charge in [-0.3, -0.25) is 19.4 Å². The first-order valence-corrected chi connectivity index (χ1v) is 19.8. The standard InChI is InChI=1S/C43H54N4O7/c1-6-39(51)21-26-22-42(38(50)54-5,34-28(13-17-46(23-26)24-39)27-11-8-9-12-31(27)44-34)30-19-29-32(20-33(30)53-4)45(3)36-41(29)15-18-47-16-10-14-40(7-2,35(41)47)37(49)43(36,52)25-48/h8-12,14,19-20,25-26,35-37,44,49,51-52H,6-7,13,15-18,21-24H2,1-5H3/t26?,35?,36?,37-,39?,40-,41?,42?,43+/m1/s1. The molecule has 1 spiro atoms. The van der Waals surface area contributed by atoms with Gasteiger partial charge in [0.2, 0.25) is 0 Å². The zero-order valence-electron chi connectivity index (χ0n) is 32.1. The van der Waals surface area contributed by atoms with Crippen LogP contribution in [-0.2, 0) is 31.6 Å². The summed E-state index contributed by atoms with van der Waals surface area (Å²) in [5.74, 6) is 0.0292. The van der Waals surface area contributed by atoms with Crippen molar-refractivity contribution in [1.29, 1.82) is 0 Å². The molecule has 9 rings (SSSR count). The molecule has 1 saturated carbocycles. The molecule has 10 atom stereocenters. The highest BCUT2D eigenvalue weighted by molar-refractivity contribution is 5.94. The van der Waals surface area contributed by atoms with Crippen molar-refractivity contribution in [2.45, 2.75) is 92.6 Å². The molecular formula is C43H54N4O7. The second-order valence-electron chi connectivity index (χ2n) is 17.3. The molecule has 1 aliphatic carbocycles. The highest BCUT2D eigenvalue weighted by atomic mass is 16.5. The molecule has 11 nitrogen and oxygen atoms in total. The van der Waals surface area contributed by atoms with E-state index in [9.17, 15) is 20.1 Å². The maximum absolute atomic E-state index is 15.2. The Hall–Kier alpha value is -3.74. The van der Waals surface area contributed by atoms with Gasteiger partial charge < -0.3 is 34.7 Å². The Morgan fingerprint density at radius 2 is 1.85 bits per heavy atom. The van der Waals surface area contributed by atoms with Gasteiger partial charge in [0.05, 0.1) is 25.9 Å². The molecule has 11 heteroatoms. The van der Waals surface area contributed by atoms with Crippen molar-refractivity contribution in [3.63, 3.8) is 0 Å². The van der Waals surface area contributed by atoms with Gasteiger partial charge in [0, 0.05) is 84.0 Å². The van der Waals surface area contributed by atoms with Crippen molar-refractivity contribution in [1.82, 2.24) is 14.8 Å². The Kier molecular flexibility index (Phi) is 8.07. The first-order chi connectivity index (χ1) is 25.9. The zero-order valence-corrected chi connectivity index (χ0v) is 32.1. The summed E-state index contributed by atoms with van der Waals surface area (Å²) < 4.78 is 12.2. The molecule has 0 amide bonds. The lowest BCUT2D eigenvalue weighted by Gasteiger charge is -2.62. The van der Waals surface area contributed by atoms with Gasteiger partial charge in [-0.15, -0.1) is 0 Å². The Labute approximate surface area is 316 Å². The number of ether oxygens (including phenoxy) is 2. The van der Waals surface area contributed by atoms with E-state index in [2.05, 4.69) is 33.0 Å². The Morgan fingerprint density at radius 1 is 1.06 bits per heavy atom. The first-order valence-electron chi connectivity index (χ1n) is 19.8. The summed E-state index contributed by atoms with van der Waals surface area (Å²) in [6, 6.07) is 11.3. The molecule has 3 fully saturated rings. The number of H-pyrrole nitrogens is 1. The molecule has 1 aromatic heterocycles. The minimum atomic E-state index is -2.08. The molecule has 4 N–H and O–H groups in total. The van der Waals surface area contributed by atoms with Crippen LogP contribution in [0.3, 0.4) is 0 Å². The number of carbonyl (C=O) groups is 2. The second-order valence-corrected chi connectivity index (χ2v) is 17.3. The molecule has 0 radical (unpaired) electrons. The molecular weight excluding hydrogens is 684 g/mol. The van der Waals surface area contributed by atoms with Gasteiger partial charge in [-0.2, -0.15) is 0 Å². The third-order valence-electron chi connectivity index (χ3n) is 15.1. The third kappa shape index (κ3) is 4.36. The van der Waals surface area contributed by atoms with Crippen molar-refractivity contribution in [3.05, 3.63) is 70.9 Å². The van der Waals surface area contributed by atoms with Gasteiger partial charge in [0.15, 0.2) is 11.9 Å². The summed E-state index contributed by atoms with van der Waals surface area (Å²) in [6.45, 7) is 7.54. The van der Waals surface area contributed by atoms with Crippen LogP contribution in [0.1, 0.15) is 68.3 Å². The first kappa shape index (κ1) is 35.9. The van der Waals surface area contributed by atoms with E-state index in [0.717, 1.165) is 53.0 Å². The maximum atomic E-state index is 15.2. The number of esters is 1. The number of aromatic amines is 1. The minimum Gasteiger partial charge on any atom is -0.496 e. The van der Waals surface area contributed by atoms with E-state index in [1.54, 1.807) is 7.11 Å². The molecule has 288 valence electrons. The number of aliphatic hydroxyl groups is 3. The molecule has 5 aliphatic heterocycles. The van der Waals surface area contributed by atoms with Crippen LogP contribution in [0.15, 0.2) is 48.6 Å². The van der Waals surface area contributed by atoms with Gasteiger partial charge in [0.1, 0.15) is 17.3 Å². The average molecular weight is 739 g/mol. The van der Waals surface area contributed by atoms with Crippen molar-refractivity contribution < 1.29 is 34.4 Å². The fourth-order valence-corrected chi connectivity index (χ4v) is 13.0. The van der Waals surface area contributed by atoms with Crippen LogP contribution < -0.4 is 9.64 Å². The van der Waals surface area contributed by atoms with Gasteiger partial charge >= 0.3 is 5.97 Å². The highest BCUT2D eigenvalue weighted by Gasteiger charge is 2.77. The summed E-state index contributed by atoms with van der Waals surface area (Å²) in [5.41, 5.74) is -0.830. The van der Waals surface area contributed by atoms with Crippen LogP contribution in [0.4, 0.5) is 5.69 Å². The number of rotatable bonds is 6. The fourth-order valence-electron chi connectivity index (χ4n) is 13.0. The highest BCUT2D eigenvalue weighted by Crippen LogP contribution is 2.67.